The van der Waals surface area contributed by atoms with Crippen LogP contribution >= 0.6 is 0 Å². The normalized spacial score (nSPS) is 26.1. The molecule has 0 radical (unpaired) electrons. The topological polar surface area (TPSA) is 62.3 Å². The summed E-state index contributed by atoms with van der Waals surface area (Å²) in [5.74, 6) is 0.0779. The summed E-state index contributed by atoms with van der Waals surface area (Å²) in [4.78, 5) is 31.4. The molecule has 2 atom stereocenters. The summed E-state index contributed by atoms with van der Waals surface area (Å²) in [5.41, 5.74) is 0.619. The average molecular weight is 315 g/mol. The Morgan fingerprint density at radius 1 is 1.17 bits per heavy atom. The molecule has 1 N–H and O–H groups in total. The lowest BCUT2D eigenvalue weighted by Crippen LogP contribution is -2.47. The van der Waals surface area contributed by atoms with Crippen LogP contribution in [-0.2, 0) is 4.79 Å². The van der Waals surface area contributed by atoms with E-state index < -0.39 is 0 Å². The second-order valence-electron chi connectivity index (χ2n) is 6.55. The number of hydrogen-bond donors (Lipinski definition) is 1. The quantitative estimate of drug-likeness (QED) is 0.865. The highest BCUT2D eigenvalue weighted by Gasteiger charge is 2.38. The molecule has 2 fully saturated rings. The predicted molar refractivity (Wildman–Crippen MR) is 87.9 cm³/mol. The molecule has 1 aromatic rings. The summed E-state index contributed by atoms with van der Waals surface area (Å²) in [6, 6.07) is 3.63. The molecule has 5 heteroatoms. The third-order valence-electron chi connectivity index (χ3n) is 5.01. The van der Waals surface area contributed by atoms with E-state index in [0.717, 1.165) is 58.0 Å². The highest BCUT2D eigenvalue weighted by molar-refractivity contribution is 5.94. The molecular weight excluding hydrogens is 290 g/mol. The Kier molecular flexibility index (Phi) is 5.26. The van der Waals surface area contributed by atoms with E-state index in [2.05, 4.69) is 10.3 Å². The van der Waals surface area contributed by atoms with E-state index in [1.165, 1.54) is 0 Å². The fraction of sp³-hybridized carbons (Fsp3) is 0.611. The van der Waals surface area contributed by atoms with Gasteiger partial charge in [0.25, 0.3) is 5.91 Å². The largest absolute Gasteiger partial charge is 0.356 e. The van der Waals surface area contributed by atoms with E-state index in [9.17, 15) is 9.59 Å². The van der Waals surface area contributed by atoms with Crippen LogP contribution in [0.1, 0.15) is 55.3 Å². The van der Waals surface area contributed by atoms with Gasteiger partial charge in [-0.15, -0.1) is 0 Å². The van der Waals surface area contributed by atoms with Gasteiger partial charge in [0, 0.05) is 31.5 Å². The minimum absolute atomic E-state index is 0.0158. The molecule has 2 heterocycles. The van der Waals surface area contributed by atoms with Gasteiger partial charge >= 0.3 is 0 Å². The molecule has 5 nitrogen and oxygen atoms in total. The number of nitrogens with zero attached hydrogens (tertiary/aromatic N) is 2. The zero-order valence-electron chi connectivity index (χ0n) is 13.5. The fourth-order valence-corrected chi connectivity index (χ4v) is 3.80. The smallest absolute Gasteiger partial charge is 0.255 e. The molecule has 1 aliphatic heterocycles. The Morgan fingerprint density at radius 2 is 2.04 bits per heavy atom. The van der Waals surface area contributed by atoms with Crippen molar-refractivity contribution in [2.45, 2.75) is 51.0 Å². The van der Waals surface area contributed by atoms with Crippen molar-refractivity contribution in [1.82, 2.24) is 15.2 Å². The molecule has 0 bridgehead atoms. The molecule has 0 spiro atoms. The van der Waals surface area contributed by atoms with Crippen LogP contribution in [0.25, 0.3) is 0 Å². The number of nitrogens with one attached hydrogen (secondary N) is 1. The zero-order chi connectivity index (χ0) is 16.1. The summed E-state index contributed by atoms with van der Waals surface area (Å²) in [5, 5.41) is 3.06. The van der Waals surface area contributed by atoms with E-state index in [4.69, 9.17) is 0 Å². The van der Waals surface area contributed by atoms with Crippen LogP contribution in [0, 0.1) is 5.92 Å². The Morgan fingerprint density at radius 3 is 2.87 bits per heavy atom. The van der Waals surface area contributed by atoms with Crippen LogP contribution in [0.3, 0.4) is 0 Å². The molecule has 23 heavy (non-hydrogen) atoms. The maximum atomic E-state index is 13.0. The van der Waals surface area contributed by atoms with Gasteiger partial charge in [0.2, 0.25) is 5.91 Å². The Labute approximate surface area is 137 Å². The maximum Gasteiger partial charge on any atom is 0.255 e. The number of rotatable bonds is 1. The minimum atomic E-state index is -0.0614. The number of aromatic nitrogens is 1. The summed E-state index contributed by atoms with van der Waals surface area (Å²) in [6.07, 6.45) is 10.3. The van der Waals surface area contributed by atoms with E-state index >= 15 is 0 Å². The number of pyridine rings is 1. The summed E-state index contributed by atoms with van der Waals surface area (Å²) < 4.78 is 0. The third-order valence-corrected chi connectivity index (χ3v) is 5.01. The average Bonchev–Trinajstić information content (AvgIpc) is 3.05. The molecule has 2 unspecified atom stereocenters. The van der Waals surface area contributed by atoms with Gasteiger partial charge in [-0.05, 0) is 37.8 Å². The number of fused-ring (bicyclic) bond motifs is 1. The van der Waals surface area contributed by atoms with E-state index in [1.54, 1.807) is 18.5 Å². The predicted octanol–water partition coefficient (Wildman–Crippen LogP) is 2.38. The summed E-state index contributed by atoms with van der Waals surface area (Å²) in [6.45, 7) is 1.50. The van der Waals surface area contributed by atoms with Crippen LogP contribution in [0.15, 0.2) is 24.5 Å². The molecule has 1 aromatic heterocycles. The van der Waals surface area contributed by atoms with Crippen LogP contribution in [0.2, 0.25) is 0 Å². The molecule has 0 aromatic carbocycles. The lowest BCUT2D eigenvalue weighted by molar-refractivity contribution is -0.126. The number of hydrogen-bond acceptors (Lipinski definition) is 3. The molecule has 3 rings (SSSR count). The van der Waals surface area contributed by atoms with E-state index in [-0.39, 0.29) is 23.8 Å². The zero-order valence-corrected chi connectivity index (χ0v) is 13.5. The van der Waals surface area contributed by atoms with Crippen molar-refractivity contribution in [2.24, 2.45) is 5.92 Å². The third kappa shape index (κ3) is 3.71. The van der Waals surface area contributed by atoms with Crippen molar-refractivity contribution in [3.8, 4) is 0 Å². The van der Waals surface area contributed by atoms with Crippen molar-refractivity contribution in [3.63, 3.8) is 0 Å². The molecule has 1 saturated heterocycles. The van der Waals surface area contributed by atoms with Gasteiger partial charge in [0.15, 0.2) is 0 Å². The van der Waals surface area contributed by atoms with Crippen molar-refractivity contribution in [1.29, 1.82) is 0 Å². The SMILES string of the molecule is O=C1NCCCCCCN(C(=O)c2cccnc2)C2CCCC12. The first-order valence-corrected chi connectivity index (χ1v) is 8.76. The lowest BCUT2D eigenvalue weighted by atomic mass is 9.99. The van der Waals surface area contributed by atoms with Gasteiger partial charge in [0.05, 0.1) is 11.5 Å². The number of carbonyl (C=O) groups excluding carboxylic acids is 2. The summed E-state index contributed by atoms with van der Waals surface area (Å²) >= 11 is 0. The molecule has 124 valence electrons. The van der Waals surface area contributed by atoms with E-state index in [0.29, 0.717) is 5.56 Å². The number of carbonyl (C=O) groups is 2. The molecule has 1 aliphatic carbocycles. The van der Waals surface area contributed by atoms with Gasteiger partial charge < -0.3 is 10.2 Å². The standard InChI is InChI=1S/C18H25N3O2/c22-17-15-8-5-9-16(15)21(12-4-2-1-3-11-20-17)18(23)14-7-6-10-19-13-14/h6-7,10,13,15-16H,1-5,8-9,11-12H2,(H,20,22). The fourth-order valence-electron chi connectivity index (χ4n) is 3.80. The molecule has 2 aliphatic rings. The Bertz CT molecular complexity index is 546. The lowest BCUT2D eigenvalue weighted by Gasteiger charge is -2.32. The first kappa shape index (κ1) is 16.0. The minimum Gasteiger partial charge on any atom is -0.356 e. The molecule has 2 amide bonds. The Hall–Kier alpha value is -1.91. The second-order valence-corrected chi connectivity index (χ2v) is 6.55. The summed E-state index contributed by atoms with van der Waals surface area (Å²) in [7, 11) is 0. The van der Waals surface area contributed by atoms with Crippen LogP contribution in [-0.4, -0.2) is 40.8 Å². The first-order chi connectivity index (χ1) is 11.3. The van der Waals surface area contributed by atoms with E-state index in [1.807, 2.05) is 11.0 Å². The van der Waals surface area contributed by atoms with Gasteiger partial charge in [-0.1, -0.05) is 19.3 Å². The van der Waals surface area contributed by atoms with Crippen LogP contribution in [0.5, 0.6) is 0 Å². The van der Waals surface area contributed by atoms with Gasteiger partial charge in [-0.25, -0.2) is 0 Å². The highest BCUT2D eigenvalue weighted by Crippen LogP contribution is 2.32. The molecular formula is C18H25N3O2. The van der Waals surface area contributed by atoms with Gasteiger partial charge in [-0.3, -0.25) is 14.6 Å². The molecule has 1 saturated carbocycles. The number of amides is 2. The van der Waals surface area contributed by atoms with Crippen molar-refractivity contribution in [3.05, 3.63) is 30.1 Å². The Balaban J connectivity index is 1.84. The van der Waals surface area contributed by atoms with Crippen molar-refractivity contribution in [2.75, 3.05) is 13.1 Å². The first-order valence-electron chi connectivity index (χ1n) is 8.76. The maximum absolute atomic E-state index is 13.0. The highest BCUT2D eigenvalue weighted by atomic mass is 16.2. The second kappa shape index (κ2) is 7.57. The van der Waals surface area contributed by atoms with Gasteiger partial charge in [0.1, 0.15) is 0 Å². The van der Waals surface area contributed by atoms with Gasteiger partial charge in [-0.2, -0.15) is 0 Å². The van der Waals surface area contributed by atoms with Crippen molar-refractivity contribution >= 4 is 11.8 Å². The van der Waals surface area contributed by atoms with Crippen LogP contribution < -0.4 is 5.32 Å². The monoisotopic (exact) mass is 315 g/mol. The van der Waals surface area contributed by atoms with Crippen LogP contribution in [0.4, 0.5) is 0 Å². The van der Waals surface area contributed by atoms with Crippen molar-refractivity contribution < 1.29 is 9.59 Å².